The quantitative estimate of drug-likeness (QED) is 0.149. The van der Waals surface area contributed by atoms with Gasteiger partial charge in [-0.2, -0.15) is 0 Å². The van der Waals surface area contributed by atoms with Crippen LogP contribution < -0.4 is 22.1 Å². The zero-order valence-corrected chi connectivity index (χ0v) is 27.7. The van der Waals surface area contributed by atoms with E-state index in [0.717, 1.165) is 0 Å². The third-order valence-corrected chi connectivity index (χ3v) is 8.75. The lowest BCUT2D eigenvalue weighted by Gasteiger charge is -2.34. The zero-order valence-electron chi connectivity index (χ0n) is 27.7. The van der Waals surface area contributed by atoms with Crippen LogP contribution in [0.2, 0.25) is 0 Å². The standard InChI is InChI=1S/C31H53N7O8/c1-19(33)27(41)37-16-8-12-23(37)29(43)38-17-9-13-24(38)28(42)36-15-7-11-22(36)26(40)35-21(18-46-31(2,3)4)25(39)34-20(30(44)45)10-5-6-14-32/h19-24H,5-18,32-33H2,1-4H3,(H,34,39)(H,35,40)(H,44,45)/t19-,20-,21-,22-,23-,24-/m0/s1. The van der Waals surface area contributed by atoms with Crippen molar-refractivity contribution in [3.63, 3.8) is 0 Å². The molecule has 260 valence electrons. The minimum absolute atomic E-state index is 0.179. The molecule has 0 aromatic rings. The Morgan fingerprint density at radius 1 is 0.826 bits per heavy atom. The molecule has 15 nitrogen and oxygen atoms in total. The highest BCUT2D eigenvalue weighted by Gasteiger charge is 2.46. The van der Waals surface area contributed by atoms with Crippen LogP contribution in [0.1, 0.15) is 85.5 Å². The SMILES string of the molecule is C[C@H](N)C(=O)N1CCC[C@H]1C(=O)N1CCC[C@H]1C(=O)N1CCC[C@H]1C(=O)N[C@@H](COC(C)(C)C)C(=O)N[C@@H](CCCCN)C(=O)O. The minimum atomic E-state index is -1.21. The molecule has 6 atom stereocenters. The second kappa shape index (κ2) is 16.5. The molecule has 0 spiro atoms. The monoisotopic (exact) mass is 651 g/mol. The van der Waals surface area contributed by atoms with Gasteiger partial charge in [-0.05, 0) is 92.0 Å². The van der Waals surface area contributed by atoms with Crippen molar-refractivity contribution < 1.29 is 38.6 Å². The number of ether oxygens (including phenoxy) is 1. The number of aliphatic carboxylic acids is 1. The van der Waals surface area contributed by atoms with E-state index in [4.69, 9.17) is 16.2 Å². The lowest BCUT2D eigenvalue weighted by atomic mass is 10.1. The largest absolute Gasteiger partial charge is 0.480 e. The van der Waals surface area contributed by atoms with Crippen molar-refractivity contribution in [1.29, 1.82) is 0 Å². The summed E-state index contributed by atoms with van der Waals surface area (Å²) in [5.41, 5.74) is 10.7. The summed E-state index contributed by atoms with van der Waals surface area (Å²) in [6, 6.07) is -5.42. The van der Waals surface area contributed by atoms with Crippen molar-refractivity contribution in [1.82, 2.24) is 25.3 Å². The topological polar surface area (TPSA) is 218 Å². The summed E-state index contributed by atoms with van der Waals surface area (Å²) in [7, 11) is 0. The highest BCUT2D eigenvalue weighted by molar-refractivity contribution is 5.97. The van der Waals surface area contributed by atoms with Gasteiger partial charge in [0.2, 0.25) is 29.5 Å². The maximum atomic E-state index is 13.9. The molecule has 3 fully saturated rings. The van der Waals surface area contributed by atoms with Crippen molar-refractivity contribution in [3.05, 3.63) is 0 Å². The second-order valence-corrected chi connectivity index (χ2v) is 13.5. The Balaban J connectivity index is 1.72. The molecular formula is C31H53N7O8. The van der Waals surface area contributed by atoms with Crippen molar-refractivity contribution in [2.24, 2.45) is 11.5 Å². The number of carbonyl (C=O) groups is 6. The van der Waals surface area contributed by atoms with Crippen molar-refractivity contribution >= 4 is 35.5 Å². The number of unbranched alkanes of at least 4 members (excludes halogenated alkanes) is 1. The summed E-state index contributed by atoms with van der Waals surface area (Å²) in [6.07, 6.45) is 4.43. The molecule has 0 aromatic heterocycles. The Labute approximate surface area is 271 Å². The average Bonchev–Trinajstić information content (AvgIpc) is 3.78. The van der Waals surface area contributed by atoms with Crippen LogP contribution >= 0.6 is 0 Å². The van der Waals surface area contributed by atoms with Gasteiger partial charge in [0, 0.05) is 19.6 Å². The molecule has 0 aliphatic carbocycles. The Hall–Kier alpha value is -3.30. The van der Waals surface area contributed by atoms with E-state index < -0.39 is 59.6 Å². The van der Waals surface area contributed by atoms with E-state index >= 15 is 0 Å². The number of nitrogens with zero attached hydrogens (tertiary/aromatic N) is 3. The molecule has 46 heavy (non-hydrogen) atoms. The highest BCUT2D eigenvalue weighted by Crippen LogP contribution is 2.28. The van der Waals surface area contributed by atoms with E-state index in [1.807, 2.05) is 0 Å². The Morgan fingerprint density at radius 3 is 1.87 bits per heavy atom. The molecular weight excluding hydrogens is 598 g/mol. The maximum absolute atomic E-state index is 13.9. The van der Waals surface area contributed by atoms with Crippen molar-refractivity contribution in [3.8, 4) is 0 Å². The van der Waals surface area contributed by atoms with E-state index in [9.17, 15) is 33.9 Å². The van der Waals surface area contributed by atoms with Gasteiger partial charge < -0.3 is 46.6 Å². The lowest BCUT2D eigenvalue weighted by molar-refractivity contribution is -0.151. The smallest absolute Gasteiger partial charge is 0.326 e. The molecule has 0 radical (unpaired) electrons. The summed E-state index contributed by atoms with van der Waals surface area (Å²) >= 11 is 0. The average molecular weight is 652 g/mol. The Kier molecular flexibility index (Phi) is 13.3. The number of likely N-dealkylation sites (tertiary alicyclic amines) is 3. The number of carbonyl (C=O) groups excluding carboxylic acids is 5. The van der Waals surface area contributed by atoms with Crippen LogP contribution in [0.3, 0.4) is 0 Å². The molecule has 3 saturated heterocycles. The van der Waals surface area contributed by atoms with Gasteiger partial charge in [-0.25, -0.2) is 4.79 Å². The summed E-state index contributed by atoms with van der Waals surface area (Å²) in [5, 5.41) is 14.9. The van der Waals surface area contributed by atoms with Gasteiger partial charge in [0.25, 0.3) is 0 Å². The number of rotatable bonds is 14. The van der Waals surface area contributed by atoms with Crippen LogP contribution in [-0.4, -0.2) is 130 Å². The van der Waals surface area contributed by atoms with Crippen LogP contribution in [0.5, 0.6) is 0 Å². The fraction of sp³-hybridized carbons (Fsp3) is 0.806. The lowest BCUT2D eigenvalue weighted by Crippen LogP contribution is -2.59. The zero-order chi connectivity index (χ0) is 34.2. The number of carboxylic acid groups (broad SMARTS) is 1. The van der Waals surface area contributed by atoms with Crippen LogP contribution in [0.25, 0.3) is 0 Å². The van der Waals surface area contributed by atoms with Crippen LogP contribution in [0, 0.1) is 0 Å². The van der Waals surface area contributed by atoms with Gasteiger partial charge in [0.15, 0.2) is 0 Å². The van der Waals surface area contributed by atoms with E-state index in [0.29, 0.717) is 77.5 Å². The molecule has 0 unspecified atom stereocenters. The van der Waals surface area contributed by atoms with E-state index in [1.165, 1.54) is 14.7 Å². The fourth-order valence-corrected chi connectivity index (χ4v) is 6.33. The Morgan fingerprint density at radius 2 is 1.35 bits per heavy atom. The van der Waals surface area contributed by atoms with Gasteiger partial charge in [0.1, 0.15) is 30.2 Å². The van der Waals surface area contributed by atoms with Crippen LogP contribution in [-0.2, 0) is 33.5 Å². The van der Waals surface area contributed by atoms with E-state index in [-0.39, 0.29) is 30.7 Å². The number of hydrogen-bond donors (Lipinski definition) is 5. The first-order chi connectivity index (χ1) is 21.7. The van der Waals surface area contributed by atoms with Crippen LogP contribution in [0.15, 0.2) is 0 Å². The van der Waals surface area contributed by atoms with Gasteiger partial charge in [-0.3, -0.25) is 24.0 Å². The highest BCUT2D eigenvalue weighted by atomic mass is 16.5. The molecule has 5 amide bonds. The third-order valence-electron chi connectivity index (χ3n) is 8.75. The first-order valence-corrected chi connectivity index (χ1v) is 16.5. The summed E-state index contributed by atoms with van der Waals surface area (Å²) in [4.78, 5) is 83.5. The third kappa shape index (κ3) is 9.61. The predicted octanol–water partition coefficient (Wildman–Crippen LogP) is -0.695. The molecule has 0 aromatic carbocycles. The molecule has 3 aliphatic heterocycles. The minimum Gasteiger partial charge on any atom is -0.480 e. The van der Waals surface area contributed by atoms with Gasteiger partial charge in [0.05, 0.1) is 18.2 Å². The van der Waals surface area contributed by atoms with Gasteiger partial charge in [-0.1, -0.05) is 0 Å². The number of carboxylic acids is 1. The van der Waals surface area contributed by atoms with Crippen molar-refractivity contribution in [2.75, 3.05) is 32.8 Å². The van der Waals surface area contributed by atoms with E-state index in [2.05, 4.69) is 10.6 Å². The molecule has 3 aliphatic rings. The molecule has 7 N–H and O–H groups in total. The molecule has 3 rings (SSSR count). The Bertz CT molecular complexity index is 1130. The number of nitrogens with two attached hydrogens (primary N) is 2. The maximum Gasteiger partial charge on any atom is 0.326 e. The molecule has 0 bridgehead atoms. The molecule has 3 heterocycles. The van der Waals surface area contributed by atoms with E-state index in [1.54, 1.807) is 27.7 Å². The van der Waals surface area contributed by atoms with Gasteiger partial charge >= 0.3 is 5.97 Å². The first kappa shape index (κ1) is 37.2. The second-order valence-electron chi connectivity index (χ2n) is 13.5. The number of nitrogens with one attached hydrogen (secondary N) is 2. The summed E-state index contributed by atoms with van der Waals surface area (Å²) in [6.45, 7) is 8.27. The van der Waals surface area contributed by atoms with Gasteiger partial charge in [-0.15, -0.1) is 0 Å². The summed E-state index contributed by atoms with van der Waals surface area (Å²) < 4.78 is 5.80. The molecule has 0 saturated carbocycles. The molecule has 15 heteroatoms. The number of hydrogen-bond acceptors (Lipinski definition) is 9. The van der Waals surface area contributed by atoms with Crippen molar-refractivity contribution in [2.45, 2.75) is 127 Å². The predicted molar refractivity (Wildman–Crippen MR) is 168 cm³/mol. The normalized spacial score (nSPS) is 23.6. The summed E-state index contributed by atoms with van der Waals surface area (Å²) in [5.74, 6) is -3.38. The first-order valence-electron chi connectivity index (χ1n) is 16.5. The van der Waals surface area contributed by atoms with Crippen LogP contribution in [0.4, 0.5) is 0 Å². The fourth-order valence-electron chi connectivity index (χ4n) is 6.33. The number of amides is 5.